The first-order chi connectivity index (χ1) is 12.0. The van der Waals surface area contributed by atoms with E-state index in [4.69, 9.17) is 0 Å². The van der Waals surface area contributed by atoms with Gasteiger partial charge in [0.25, 0.3) is 0 Å². The van der Waals surface area contributed by atoms with Crippen LogP contribution in [0.25, 0.3) is 10.8 Å². The molecule has 0 amide bonds. The van der Waals surface area contributed by atoms with Crippen molar-refractivity contribution in [1.82, 2.24) is 0 Å². The molecule has 3 unspecified atom stereocenters. The average molecular weight is 330 g/mol. The largest absolute Gasteiger partial charge is 0.299 e. The number of carbonyl (C=O) groups is 1. The van der Waals surface area contributed by atoms with E-state index in [-0.39, 0.29) is 5.41 Å². The van der Waals surface area contributed by atoms with E-state index in [0.717, 1.165) is 12.8 Å². The van der Waals surface area contributed by atoms with Crippen molar-refractivity contribution in [2.75, 3.05) is 0 Å². The lowest BCUT2D eigenvalue weighted by Crippen LogP contribution is -2.38. The molecule has 0 saturated heterocycles. The summed E-state index contributed by atoms with van der Waals surface area (Å²) in [7, 11) is 0. The predicted octanol–water partition coefficient (Wildman–Crippen LogP) is 5.39. The van der Waals surface area contributed by atoms with Crippen molar-refractivity contribution in [3.05, 3.63) is 59.2 Å². The highest BCUT2D eigenvalue weighted by Crippen LogP contribution is 2.57. The molecular weight excluding hydrogens is 304 g/mol. The maximum atomic E-state index is 12.6. The molecule has 1 spiro atoms. The minimum atomic E-state index is 0.0921. The molecule has 3 aliphatic carbocycles. The summed E-state index contributed by atoms with van der Waals surface area (Å²) in [6.45, 7) is 4.53. The molecule has 1 fully saturated rings. The first-order valence-electron chi connectivity index (χ1n) is 9.79. The lowest BCUT2D eigenvalue weighted by molar-refractivity contribution is -0.120. The monoisotopic (exact) mass is 330 g/mol. The molecule has 25 heavy (non-hydrogen) atoms. The number of rotatable bonds is 2. The van der Waals surface area contributed by atoms with Gasteiger partial charge in [0.2, 0.25) is 0 Å². The average Bonchev–Trinajstić information content (AvgIpc) is 3.14. The molecule has 2 bridgehead atoms. The van der Waals surface area contributed by atoms with Crippen molar-refractivity contribution in [3.63, 3.8) is 0 Å². The van der Waals surface area contributed by atoms with Gasteiger partial charge in [-0.15, -0.1) is 0 Å². The van der Waals surface area contributed by atoms with Gasteiger partial charge in [-0.3, -0.25) is 4.79 Å². The van der Waals surface area contributed by atoms with E-state index in [0.29, 0.717) is 30.0 Å². The Hall–Kier alpha value is -1.89. The lowest BCUT2D eigenvalue weighted by Gasteiger charge is -2.40. The van der Waals surface area contributed by atoms with Crippen molar-refractivity contribution >= 4 is 16.6 Å². The van der Waals surface area contributed by atoms with Crippen LogP contribution in [0.4, 0.5) is 0 Å². The third-order valence-corrected chi connectivity index (χ3v) is 6.72. The standard InChI is InChI=1S/C24H26O/c1-15(2)7-16-3-5-18-12-23-20(10-19(18)8-16)11-22(25)14-24(23)13-17-4-6-21(24)9-17/h3-6,8,10,12,15,17,21H,7,9,11,13-14H2,1-2H3. The molecule has 0 aromatic heterocycles. The molecule has 1 saturated carbocycles. The second kappa shape index (κ2) is 5.30. The van der Waals surface area contributed by atoms with Gasteiger partial charge in [0.15, 0.2) is 0 Å². The zero-order valence-corrected chi connectivity index (χ0v) is 15.2. The highest BCUT2D eigenvalue weighted by Gasteiger charge is 2.52. The number of Topliss-reactive ketones (excluding diaryl/α,β-unsaturated/α-hetero) is 1. The summed E-state index contributed by atoms with van der Waals surface area (Å²) in [5.74, 6) is 2.36. The van der Waals surface area contributed by atoms with Crippen LogP contribution in [-0.2, 0) is 23.1 Å². The van der Waals surface area contributed by atoms with E-state index in [1.807, 2.05) is 0 Å². The Balaban J connectivity index is 1.66. The van der Waals surface area contributed by atoms with Gasteiger partial charge < -0.3 is 0 Å². The zero-order chi connectivity index (χ0) is 17.2. The van der Waals surface area contributed by atoms with Crippen molar-refractivity contribution < 1.29 is 4.79 Å². The fourth-order valence-electron chi connectivity index (χ4n) is 5.79. The summed E-state index contributed by atoms with van der Waals surface area (Å²) in [6.07, 6.45) is 9.69. The fourth-order valence-corrected chi connectivity index (χ4v) is 5.79. The highest BCUT2D eigenvalue weighted by atomic mass is 16.1. The quantitative estimate of drug-likeness (QED) is 0.675. The van der Waals surface area contributed by atoms with Gasteiger partial charge in [-0.1, -0.05) is 56.3 Å². The van der Waals surface area contributed by atoms with Crippen molar-refractivity contribution in [2.45, 2.75) is 51.4 Å². The van der Waals surface area contributed by atoms with Gasteiger partial charge >= 0.3 is 0 Å². The number of hydrogen-bond donors (Lipinski definition) is 0. The molecule has 5 rings (SSSR count). The van der Waals surface area contributed by atoms with E-state index in [1.54, 1.807) is 0 Å². The Morgan fingerprint density at radius 1 is 1.12 bits per heavy atom. The smallest absolute Gasteiger partial charge is 0.138 e. The maximum Gasteiger partial charge on any atom is 0.138 e. The predicted molar refractivity (Wildman–Crippen MR) is 103 cm³/mol. The van der Waals surface area contributed by atoms with Gasteiger partial charge in [0.1, 0.15) is 5.78 Å². The molecule has 2 aromatic carbocycles. The summed E-state index contributed by atoms with van der Waals surface area (Å²) in [4.78, 5) is 12.6. The van der Waals surface area contributed by atoms with Crippen LogP contribution in [0.2, 0.25) is 0 Å². The van der Waals surface area contributed by atoms with Crippen LogP contribution in [0.15, 0.2) is 42.5 Å². The first-order valence-corrected chi connectivity index (χ1v) is 9.79. The van der Waals surface area contributed by atoms with Gasteiger partial charge in [0, 0.05) is 18.3 Å². The molecule has 3 atom stereocenters. The number of allylic oxidation sites excluding steroid dienone is 2. The summed E-state index contributed by atoms with van der Waals surface area (Å²) < 4.78 is 0. The topological polar surface area (TPSA) is 17.1 Å². The van der Waals surface area contributed by atoms with Gasteiger partial charge in [-0.05, 0) is 64.5 Å². The number of ketones is 1. The zero-order valence-electron chi connectivity index (χ0n) is 15.2. The molecule has 0 aliphatic heterocycles. The molecule has 1 heteroatoms. The summed E-state index contributed by atoms with van der Waals surface area (Å²) in [5.41, 5.74) is 4.27. The number of hydrogen-bond acceptors (Lipinski definition) is 1. The SMILES string of the molecule is CC(C)Cc1ccc2cc3c(cc2c1)CC(=O)CC31CC2C=CC1C2. The molecule has 2 aromatic rings. The second-order valence-corrected chi connectivity index (χ2v) is 9.03. The Labute approximate surface area is 150 Å². The molecule has 3 aliphatic rings. The van der Waals surface area contributed by atoms with Crippen LogP contribution in [0, 0.1) is 17.8 Å². The van der Waals surface area contributed by atoms with E-state index in [9.17, 15) is 4.79 Å². The molecular formula is C24H26O. The van der Waals surface area contributed by atoms with Crippen molar-refractivity contribution in [2.24, 2.45) is 17.8 Å². The molecule has 0 radical (unpaired) electrons. The highest BCUT2D eigenvalue weighted by molar-refractivity contribution is 5.91. The number of carbonyl (C=O) groups excluding carboxylic acids is 1. The minimum Gasteiger partial charge on any atom is -0.299 e. The summed E-state index contributed by atoms with van der Waals surface area (Å²) in [5, 5.41) is 2.65. The van der Waals surface area contributed by atoms with Crippen LogP contribution in [-0.4, -0.2) is 5.78 Å². The van der Waals surface area contributed by atoms with Crippen molar-refractivity contribution in [1.29, 1.82) is 0 Å². The maximum absolute atomic E-state index is 12.6. The van der Waals surface area contributed by atoms with Crippen LogP contribution in [0.3, 0.4) is 0 Å². The Bertz CT molecular complexity index is 904. The van der Waals surface area contributed by atoms with Crippen LogP contribution >= 0.6 is 0 Å². The molecule has 0 N–H and O–H groups in total. The van der Waals surface area contributed by atoms with E-state index in [2.05, 4.69) is 56.3 Å². The third-order valence-electron chi connectivity index (χ3n) is 6.72. The Kier molecular flexibility index (Phi) is 3.26. The second-order valence-electron chi connectivity index (χ2n) is 9.03. The van der Waals surface area contributed by atoms with Crippen LogP contribution < -0.4 is 0 Å². The van der Waals surface area contributed by atoms with Crippen molar-refractivity contribution in [3.8, 4) is 0 Å². The van der Waals surface area contributed by atoms with Gasteiger partial charge in [-0.2, -0.15) is 0 Å². The van der Waals surface area contributed by atoms with E-state index < -0.39 is 0 Å². The normalized spacial score (nSPS) is 30.0. The number of benzene rings is 2. The minimum absolute atomic E-state index is 0.0921. The molecule has 128 valence electrons. The molecule has 1 nitrogen and oxygen atoms in total. The van der Waals surface area contributed by atoms with E-state index >= 15 is 0 Å². The van der Waals surface area contributed by atoms with E-state index in [1.165, 1.54) is 40.3 Å². The molecule has 0 heterocycles. The summed E-state index contributed by atoms with van der Waals surface area (Å²) in [6, 6.07) is 11.7. The van der Waals surface area contributed by atoms with Crippen LogP contribution in [0.1, 0.15) is 49.8 Å². The first kappa shape index (κ1) is 15.4. The lowest BCUT2D eigenvalue weighted by atomic mass is 9.62. The van der Waals surface area contributed by atoms with Gasteiger partial charge in [0.05, 0.1) is 0 Å². The van der Waals surface area contributed by atoms with Crippen LogP contribution in [0.5, 0.6) is 0 Å². The third kappa shape index (κ3) is 2.32. The summed E-state index contributed by atoms with van der Waals surface area (Å²) >= 11 is 0. The number of fused-ring (bicyclic) bond motifs is 6. The fraction of sp³-hybridized carbons (Fsp3) is 0.458. The van der Waals surface area contributed by atoms with Gasteiger partial charge in [-0.25, -0.2) is 0 Å². The Morgan fingerprint density at radius 2 is 2.00 bits per heavy atom. The Morgan fingerprint density at radius 3 is 2.72 bits per heavy atom.